The molecule has 2 fully saturated rings. The normalized spacial score (nSPS) is 21.4. The van der Waals surface area contributed by atoms with Crippen LogP contribution in [0.5, 0.6) is 11.5 Å². The zero-order chi connectivity index (χ0) is 21.6. The number of piperidine rings is 1. The van der Waals surface area contributed by atoms with Gasteiger partial charge in [0, 0.05) is 31.0 Å². The zero-order valence-electron chi connectivity index (χ0n) is 17.8. The highest BCUT2D eigenvalue weighted by Crippen LogP contribution is 2.37. The molecule has 2 atom stereocenters. The molecule has 2 heterocycles. The summed E-state index contributed by atoms with van der Waals surface area (Å²) in [6, 6.07) is 9.52. The minimum Gasteiger partial charge on any atom is -0.493 e. The maximum atomic E-state index is 12.4. The molecule has 0 radical (unpaired) electrons. The lowest BCUT2D eigenvalue weighted by atomic mass is 9.83. The number of nitrogens with zero attached hydrogens (tertiary/aromatic N) is 1. The summed E-state index contributed by atoms with van der Waals surface area (Å²) < 4.78 is 11.7. The van der Waals surface area contributed by atoms with Crippen molar-refractivity contribution in [1.82, 2.24) is 10.3 Å². The van der Waals surface area contributed by atoms with Crippen molar-refractivity contribution in [3.63, 3.8) is 0 Å². The Labute approximate surface area is 182 Å². The van der Waals surface area contributed by atoms with Crippen LogP contribution < -0.4 is 20.1 Å². The largest absolute Gasteiger partial charge is 0.493 e. The number of ether oxygens (including phenoxy) is 2. The number of hydrogen-bond donors (Lipinski definition) is 2. The van der Waals surface area contributed by atoms with E-state index in [9.17, 15) is 9.59 Å². The van der Waals surface area contributed by atoms with E-state index < -0.39 is 0 Å². The molecule has 2 N–H and O–H groups in total. The van der Waals surface area contributed by atoms with Gasteiger partial charge < -0.3 is 20.1 Å². The maximum absolute atomic E-state index is 12.4. The number of pyridine rings is 1. The molecule has 2 unspecified atom stereocenters. The van der Waals surface area contributed by atoms with Crippen molar-refractivity contribution in [2.45, 2.75) is 50.5 Å². The van der Waals surface area contributed by atoms with Gasteiger partial charge in [0.15, 0.2) is 11.5 Å². The van der Waals surface area contributed by atoms with E-state index in [0.29, 0.717) is 18.7 Å². The average molecular weight is 424 g/mol. The van der Waals surface area contributed by atoms with Crippen molar-refractivity contribution in [2.24, 2.45) is 5.92 Å². The second-order valence-corrected chi connectivity index (χ2v) is 8.30. The van der Waals surface area contributed by atoms with Crippen LogP contribution in [0.25, 0.3) is 0 Å². The van der Waals surface area contributed by atoms with Gasteiger partial charge in [-0.1, -0.05) is 6.07 Å². The summed E-state index contributed by atoms with van der Waals surface area (Å²) in [6.07, 6.45) is 8.76. The van der Waals surface area contributed by atoms with Gasteiger partial charge in [-0.15, -0.1) is 0 Å². The Balaban J connectivity index is 1.43. The second kappa shape index (κ2) is 9.81. The number of carbonyl (C=O) groups is 2. The molecule has 31 heavy (non-hydrogen) atoms. The Kier molecular flexibility index (Phi) is 6.70. The average Bonchev–Trinajstić information content (AvgIpc) is 3.29. The van der Waals surface area contributed by atoms with E-state index in [1.54, 1.807) is 31.6 Å². The molecular weight excluding hydrogens is 394 g/mol. The molecule has 0 bridgehead atoms. The van der Waals surface area contributed by atoms with Crippen molar-refractivity contribution in [2.75, 3.05) is 19.0 Å². The minimum absolute atomic E-state index is 0.0754. The Hall–Kier alpha value is -3.09. The van der Waals surface area contributed by atoms with Gasteiger partial charge >= 0.3 is 0 Å². The van der Waals surface area contributed by atoms with Gasteiger partial charge in [0.05, 0.1) is 25.1 Å². The first-order valence-corrected chi connectivity index (χ1v) is 10.9. The van der Waals surface area contributed by atoms with E-state index in [1.165, 1.54) is 12.8 Å². The van der Waals surface area contributed by atoms with E-state index in [0.717, 1.165) is 29.9 Å². The Morgan fingerprint density at radius 1 is 1.23 bits per heavy atom. The van der Waals surface area contributed by atoms with Crippen LogP contribution in [0, 0.1) is 5.92 Å². The quantitative estimate of drug-likeness (QED) is 0.709. The van der Waals surface area contributed by atoms with Crippen LogP contribution in [-0.2, 0) is 9.59 Å². The number of methoxy groups -OCH3 is 1. The molecule has 2 aromatic rings. The Bertz CT molecular complexity index is 912. The van der Waals surface area contributed by atoms with Crippen molar-refractivity contribution in [3.05, 3.63) is 48.3 Å². The number of aromatic nitrogens is 1. The fourth-order valence-corrected chi connectivity index (χ4v) is 4.43. The van der Waals surface area contributed by atoms with Crippen LogP contribution >= 0.6 is 0 Å². The Morgan fingerprint density at radius 2 is 2.06 bits per heavy atom. The van der Waals surface area contributed by atoms with E-state index in [1.807, 2.05) is 18.2 Å². The van der Waals surface area contributed by atoms with Gasteiger partial charge in [-0.05, 0) is 61.9 Å². The van der Waals surface area contributed by atoms with Gasteiger partial charge in [-0.2, -0.15) is 0 Å². The standard InChI is InChI=1S/C24H29N3O4/c1-30-21-9-8-16(12-22(21)31-20-6-2-3-7-20)18-11-17(24(29)26-14-18)13-23(28)27-19-5-4-10-25-15-19/h4-5,8-10,12,15,17-18,20H,2-3,6-7,11,13-14H2,1H3,(H,26,29)(H,27,28). The van der Waals surface area contributed by atoms with Crippen LogP contribution in [0.15, 0.2) is 42.7 Å². The number of amides is 2. The zero-order valence-corrected chi connectivity index (χ0v) is 17.8. The number of anilines is 1. The fraction of sp³-hybridized carbons (Fsp3) is 0.458. The minimum atomic E-state index is -0.378. The second-order valence-electron chi connectivity index (χ2n) is 8.30. The lowest BCUT2D eigenvalue weighted by Gasteiger charge is -2.29. The SMILES string of the molecule is COc1ccc(C2CNC(=O)C(CC(=O)Nc3cccnc3)C2)cc1OC1CCCC1. The molecule has 7 nitrogen and oxygen atoms in total. The van der Waals surface area contributed by atoms with Crippen molar-refractivity contribution < 1.29 is 19.1 Å². The van der Waals surface area contributed by atoms with Gasteiger partial charge in [0.25, 0.3) is 0 Å². The van der Waals surface area contributed by atoms with Gasteiger partial charge in [-0.25, -0.2) is 0 Å². The van der Waals surface area contributed by atoms with Crippen molar-refractivity contribution in [1.29, 1.82) is 0 Å². The first-order chi connectivity index (χ1) is 15.1. The van der Waals surface area contributed by atoms with Crippen LogP contribution in [0.4, 0.5) is 5.69 Å². The van der Waals surface area contributed by atoms with Crippen molar-refractivity contribution >= 4 is 17.5 Å². The summed E-state index contributed by atoms with van der Waals surface area (Å²) in [5.74, 6) is 0.960. The Morgan fingerprint density at radius 3 is 2.81 bits per heavy atom. The van der Waals surface area contributed by atoms with Gasteiger partial charge in [0.1, 0.15) is 0 Å². The van der Waals surface area contributed by atoms with Crippen LogP contribution in [0.2, 0.25) is 0 Å². The predicted octanol–water partition coefficient (Wildman–Crippen LogP) is 3.66. The topological polar surface area (TPSA) is 89.5 Å². The molecule has 7 heteroatoms. The van der Waals surface area contributed by atoms with Gasteiger partial charge in [-0.3, -0.25) is 14.6 Å². The molecule has 1 aromatic carbocycles. The maximum Gasteiger partial charge on any atom is 0.225 e. The molecule has 1 aliphatic carbocycles. The van der Waals surface area contributed by atoms with E-state index in [4.69, 9.17) is 9.47 Å². The summed E-state index contributed by atoms with van der Waals surface area (Å²) in [5.41, 5.74) is 1.72. The third-order valence-electron chi connectivity index (χ3n) is 6.09. The molecule has 1 aromatic heterocycles. The van der Waals surface area contributed by atoms with E-state index in [-0.39, 0.29) is 36.2 Å². The molecule has 1 aliphatic heterocycles. The molecule has 4 rings (SSSR count). The number of carbonyl (C=O) groups excluding carboxylic acids is 2. The molecule has 1 saturated carbocycles. The molecule has 164 valence electrons. The predicted molar refractivity (Wildman–Crippen MR) is 117 cm³/mol. The summed E-state index contributed by atoms with van der Waals surface area (Å²) in [5, 5.41) is 5.78. The highest BCUT2D eigenvalue weighted by Gasteiger charge is 2.31. The van der Waals surface area contributed by atoms with Crippen LogP contribution in [-0.4, -0.2) is 36.6 Å². The van der Waals surface area contributed by atoms with Crippen molar-refractivity contribution in [3.8, 4) is 11.5 Å². The molecular formula is C24H29N3O4. The first kappa shape index (κ1) is 21.2. The van der Waals surface area contributed by atoms with Crippen LogP contribution in [0.3, 0.4) is 0 Å². The summed E-state index contributed by atoms with van der Waals surface area (Å²) in [7, 11) is 1.65. The molecule has 2 aliphatic rings. The van der Waals surface area contributed by atoms with Crippen LogP contribution in [0.1, 0.15) is 50.0 Å². The molecule has 2 amide bonds. The highest BCUT2D eigenvalue weighted by atomic mass is 16.5. The monoisotopic (exact) mass is 423 g/mol. The third-order valence-corrected chi connectivity index (χ3v) is 6.09. The smallest absolute Gasteiger partial charge is 0.225 e. The fourth-order valence-electron chi connectivity index (χ4n) is 4.43. The first-order valence-electron chi connectivity index (χ1n) is 10.9. The van der Waals surface area contributed by atoms with E-state index in [2.05, 4.69) is 15.6 Å². The highest BCUT2D eigenvalue weighted by molar-refractivity contribution is 5.94. The van der Waals surface area contributed by atoms with Gasteiger partial charge in [0.2, 0.25) is 11.8 Å². The number of hydrogen-bond acceptors (Lipinski definition) is 5. The lowest BCUT2D eigenvalue weighted by Crippen LogP contribution is -2.42. The summed E-state index contributed by atoms with van der Waals surface area (Å²) in [6.45, 7) is 0.550. The number of nitrogens with one attached hydrogen (secondary N) is 2. The van der Waals surface area contributed by atoms with E-state index >= 15 is 0 Å². The number of benzene rings is 1. The summed E-state index contributed by atoms with van der Waals surface area (Å²) >= 11 is 0. The third kappa shape index (κ3) is 5.34. The summed E-state index contributed by atoms with van der Waals surface area (Å²) in [4.78, 5) is 28.8. The molecule has 1 saturated heterocycles. The number of rotatable bonds is 7. The molecule has 0 spiro atoms. The lowest BCUT2D eigenvalue weighted by molar-refractivity contribution is -0.130.